The van der Waals surface area contributed by atoms with E-state index in [1.165, 1.54) is 11.8 Å². The van der Waals surface area contributed by atoms with Crippen LogP contribution in [-0.2, 0) is 11.3 Å². The number of carbonyl (C=O) groups excluding carboxylic acids is 1. The van der Waals surface area contributed by atoms with E-state index in [9.17, 15) is 4.79 Å². The molecule has 34 heavy (non-hydrogen) atoms. The van der Waals surface area contributed by atoms with Crippen LogP contribution in [-0.4, -0.2) is 25.9 Å². The summed E-state index contributed by atoms with van der Waals surface area (Å²) >= 11 is 1.41. The van der Waals surface area contributed by atoms with Gasteiger partial charge in [0.25, 0.3) is 0 Å². The molecule has 2 aromatic carbocycles. The molecular formula is C27H30N4O2S. The van der Waals surface area contributed by atoms with Crippen molar-refractivity contribution < 1.29 is 9.21 Å². The lowest BCUT2D eigenvalue weighted by Gasteiger charge is -2.18. The number of nitrogens with zero attached hydrogens (tertiary/aromatic N) is 3. The van der Waals surface area contributed by atoms with Crippen LogP contribution in [0.15, 0.2) is 76.5 Å². The summed E-state index contributed by atoms with van der Waals surface area (Å²) in [7, 11) is 0. The Bertz CT molecular complexity index is 1250. The van der Waals surface area contributed by atoms with Gasteiger partial charge in [0.05, 0.1) is 23.6 Å². The van der Waals surface area contributed by atoms with Gasteiger partial charge in [-0.1, -0.05) is 74.1 Å². The molecule has 0 aliphatic heterocycles. The highest BCUT2D eigenvalue weighted by molar-refractivity contribution is 8.00. The second kappa shape index (κ2) is 10.7. The molecule has 2 atom stereocenters. The van der Waals surface area contributed by atoms with Gasteiger partial charge in [0.2, 0.25) is 5.91 Å². The van der Waals surface area contributed by atoms with Crippen molar-refractivity contribution in [2.45, 2.75) is 57.0 Å². The number of amides is 1. The fraction of sp³-hybridized carbons (Fsp3) is 0.296. The Labute approximate surface area is 204 Å². The number of aromatic nitrogens is 3. The molecule has 0 saturated carbocycles. The third-order valence-electron chi connectivity index (χ3n) is 6.01. The summed E-state index contributed by atoms with van der Waals surface area (Å²) in [6.07, 6.45) is 2.67. The van der Waals surface area contributed by atoms with Crippen molar-refractivity contribution in [2.24, 2.45) is 0 Å². The number of nitrogens with one attached hydrogen (secondary N) is 1. The molecule has 2 aromatic heterocycles. The minimum atomic E-state index is -0.359. The topological polar surface area (TPSA) is 73.0 Å². The van der Waals surface area contributed by atoms with Gasteiger partial charge in [0.15, 0.2) is 11.0 Å². The molecule has 1 amide bonds. The third-order valence-corrected chi connectivity index (χ3v) is 7.09. The van der Waals surface area contributed by atoms with Crippen molar-refractivity contribution >= 4 is 23.4 Å². The average Bonchev–Trinajstić information content (AvgIpc) is 3.45. The van der Waals surface area contributed by atoms with Gasteiger partial charge < -0.3 is 9.73 Å². The maximum Gasteiger partial charge on any atom is 0.237 e. The van der Waals surface area contributed by atoms with E-state index in [0.29, 0.717) is 17.6 Å². The van der Waals surface area contributed by atoms with Crippen molar-refractivity contribution in [3.63, 3.8) is 0 Å². The molecule has 0 aliphatic carbocycles. The van der Waals surface area contributed by atoms with Crippen LogP contribution in [0.25, 0.3) is 11.4 Å². The lowest BCUT2D eigenvalue weighted by Crippen LogP contribution is -2.24. The summed E-state index contributed by atoms with van der Waals surface area (Å²) in [4.78, 5) is 13.1. The molecule has 6 nitrogen and oxygen atoms in total. The number of rotatable bonds is 9. The second-order valence-electron chi connectivity index (χ2n) is 8.41. The highest BCUT2D eigenvalue weighted by atomic mass is 32.2. The zero-order valence-corrected chi connectivity index (χ0v) is 20.8. The van der Waals surface area contributed by atoms with Crippen LogP contribution < -0.4 is 5.32 Å². The molecule has 0 saturated heterocycles. The normalized spacial score (nSPS) is 12.9. The van der Waals surface area contributed by atoms with Crippen LogP contribution in [0.5, 0.6) is 0 Å². The Kier molecular flexibility index (Phi) is 7.53. The molecule has 2 heterocycles. The van der Waals surface area contributed by atoms with Crippen molar-refractivity contribution in [2.75, 3.05) is 5.32 Å². The summed E-state index contributed by atoms with van der Waals surface area (Å²) in [5.41, 5.74) is 4.05. The van der Waals surface area contributed by atoms with E-state index >= 15 is 0 Å². The quantitative estimate of drug-likeness (QED) is 0.279. The molecular weight excluding hydrogens is 444 g/mol. The lowest BCUT2D eigenvalue weighted by atomic mass is 9.97. The first-order valence-electron chi connectivity index (χ1n) is 11.6. The fourth-order valence-electron chi connectivity index (χ4n) is 3.81. The Morgan fingerprint density at radius 1 is 1.06 bits per heavy atom. The van der Waals surface area contributed by atoms with Crippen LogP contribution >= 0.6 is 11.8 Å². The van der Waals surface area contributed by atoms with E-state index in [0.717, 1.165) is 40.4 Å². The molecule has 0 radical (unpaired) electrons. The van der Waals surface area contributed by atoms with Crippen LogP contribution in [0.1, 0.15) is 50.0 Å². The predicted molar refractivity (Wildman–Crippen MR) is 137 cm³/mol. The highest BCUT2D eigenvalue weighted by Gasteiger charge is 2.23. The summed E-state index contributed by atoms with van der Waals surface area (Å²) in [5, 5.41) is 12.4. The van der Waals surface area contributed by atoms with Gasteiger partial charge in [0.1, 0.15) is 5.76 Å². The Morgan fingerprint density at radius 2 is 1.79 bits per heavy atom. The standard InChI is InChI=1S/C27H30N4O2S/c1-5-18(2)22-13-9-10-14-24(22)28-26(32)20(4)34-27-30-29-25(23-15-16-33-19(23)3)31(27)17-21-11-7-6-8-12-21/h6-16,18,20H,5,17H2,1-4H3,(H,28,32). The summed E-state index contributed by atoms with van der Waals surface area (Å²) < 4.78 is 7.56. The number of anilines is 1. The predicted octanol–water partition coefficient (Wildman–Crippen LogP) is 6.53. The van der Waals surface area contributed by atoms with Gasteiger partial charge in [-0.3, -0.25) is 9.36 Å². The molecule has 2 unspecified atom stereocenters. The monoisotopic (exact) mass is 474 g/mol. The SMILES string of the molecule is CCC(C)c1ccccc1NC(=O)C(C)Sc1nnc(-c2ccoc2C)n1Cc1ccccc1. The van der Waals surface area contributed by atoms with Crippen LogP contribution in [0, 0.1) is 6.92 Å². The molecule has 4 rings (SSSR count). The number of hydrogen-bond acceptors (Lipinski definition) is 5. The largest absolute Gasteiger partial charge is 0.469 e. The summed E-state index contributed by atoms with van der Waals surface area (Å²) in [5.74, 6) is 1.82. The maximum atomic E-state index is 13.1. The fourth-order valence-corrected chi connectivity index (χ4v) is 4.66. The first-order valence-corrected chi connectivity index (χ1v) is 12.4. The number of hydrogen-bond donors (Lipinski definition) is 1. The number of carbonyl (C=O) groups is 1. The second-order valence-corrected chi connectivity index (χ2v) is 9.72. The van der Waals surface area contributed by atoms with E-state index in [4.69, 9.17) is 4.42 Å². The van der Waals surface area contributed by atoms with Crippen LogP contribution in [0.4, 0.5) is 5.69 Å². The number of thioether (sulfide) groups is 1. The molecule has 1 N–H and O–H groups in total. The molecule has 4 aromatic rings. The minimum absolute atomic E-state index is 0.0592. The number of furan rings is 1. The van der Waals surface area contributed by atoms with E-state index < -0.39 is 0 Å². The van der Waals surface area contributed by atoms with Crippen molar-refractivity contribution in [1.29, 1.82) is 0 Å². The zero-order valence-electron chi connectivity index (χ0n) is 20.0. The van der Waals surface area contributed by atoms with Gasteiger partial charge in [-0.05, 0) is 49.4 Å². The van der Waals surface area contributed by atoms with Crippen molar-refractivity contribution in [3.8, 4) is 11.4 Å². The first kappa shape index (κ1) is 23.8. The van der Waals surface area contributed by atoms with E-state index in [-0.39, 0.29) is 11.2 Å². The summed E-state index contributed by atoms with van der Waals surface area (Å²) in [6.45, 7) is 8.74. The Hall–Kier alpha value is -3.32. The van der Waals surface area contributed by atoms with Gasteiger partial charge in [0, 0.05) is 5.69 Å². The maximum absolute atomic E-state index is 13.1. The number of benzene rings is 2. The van der Waals surface area contributed by atoms with E-state index in [1.54, 1.807) is 6.26 Å². The minimum Gasteiger partial charge on any atom is -0.469 e. The van der Waals surface area contributed by atoms with Crippen molar-refractivity contribution in [3.05, 3.63) is 83.8 Å². The third kappa shape index (κ3) is 5.25. The molecule has 0 aliphatic rings. The molecule has 176 valence electrons. The molecule has 0 fully saturated rings. The lowest BCUT2D eigenvalue weighted by molar-refractivity contribution is -0.115. The molecule has 0 spiro atoms. The average molecular weight is 475 g/mol. The zero-order chi connectivity index (χ0) is 24.1. The van der Waals surface area contributed by atoms with Crippen LogP contribution in [0.2, 0.25) is 0 Å². The van der Waals surface area contributed by atoms with Crippen molar-refractivity contribution in [1.82, 2.24) is 14.8 Å². The van der Waals surface area contributed by atoms with E-state index in [2.05, 4.69) is 52.1 Å². The van der Waals surface area contributed by atoms with Crippen LogP contribution in [0.3, 0.4) is 0 Å². The highest BCUT2D eigenvalue weighted by Crippen LogP contribution is 2.31. The summed E-state index contributed by atoms with van der Waals surface area (Å²) in [6, 6.07) is 20.1. The van der Waals surface area contributed by atoms with Gasteiger partial charge in [-0.15, -0.1) is 10.2 Å². The number of aryl methyl sites for hydroxylation is 1. The van der Waals surface area contributed by atoms with Gasteiger partial charge in [-0.2, -0.15) is 0 Å². The molecule has 7 heteroatoms. The molecule has 0 bridgehead atoms. The first-order chi connectivity index (χ1) is 16.5. The van der Waals surface area contributed by atoms with E-state index in [1.807, 2.05) is 56.3 Å². The van der Waals surface area contributed by atoms with Gasteiger partial charge in [-0.25, -0.2) is 0 Å². The Morgan fingerprint density at radius 3 is 2.50 bits per heavy atom. The smallest absolute Gasteiger partial charge is 0.237 e. The number of para-hydroxylation sites is 1. The Balaban J connectivity index is 1.58. The van der Waals surface area contributed by atoms with Gasteiger partial charge >= 0.3 is 0 Å².